The second-order valence-corrected chi connectivity index (χ2v) is 8.98. The number of benzene rings is 2. The first-order valence-electron chi connectivity index (χ1n) is 11.9. The number of para-hydroxylation sites is 1. The Hall–Kier alpha value is -2.99. The highest BCUT2D eigenvalue weighted by Crippen LogP contribution is 2.36. The highest BCUT2D eigenvalue weighted by Gasteiger charge is 2.37. The van der Waals surface area contributed by atoms with Gasteiger partial charge in [0, 0.05) is 38.2 Å². The number of amides is 1. The molecule has 176 valence electrons. The van der Waals surface area contributed by atoms with E-state index in [1.54, 1.807) is 13.2 Å². The molecule has 0 aromatic heterocycles. The Morgan fingerprint density at radius 2 is 1.85 bits per heavy atom. The average molecular weight is 450 g/mol. The Morgan fingerprint density at radius 1 is 1.12 bits per heavy atom. The van der Waals surface area contributed by atoms with Gasteiger partial charge in [-0.3, -0.25) is 4.79 Å². The lowest BCUT2D eigenvalue weighted by atomic mass is 9.72. The topological polar surface area (TPSA) is 62.8 Å². The molecule has 0 aliphatic carbocycles. The number of piperidine rings is 1. The summed E-state index contributed by atoms with van der Waals surface area (Å²) in [7, 11) is 1.59. The molecular formula is C27H35N3O3. The lowest BCUT2D eigenvalue weighted by Crippen LogP contribution is -2.50. The molecule has 0 spiro atoms. The van der Waals surface area contributed by atoms with E-state index in [1.165, 1.54) is 5.56 Å². The molecule has 33 heavy (non-hydrogen) atoms. The minimum atomic E-state index is -0.121. The molecule has 1 atom stereocenters. The van der Waals surface area contributed by atoms with Crippen LogP contribution in [0.15, 0.2) is 67.0 Å². The van der Waals surface area contributed by atoms with Crippen molar-refractivity contribution < 1.29 is 14.3 Å². The first-order valence-corrected chi connectivity index (χ1v) is 11.9. The smallest absolute Gasteiger partial charge is 0.255 e. The Kier molecular flexibility index (Phi) is 7.55. The molecule has 2 aromatic carbocycles. The molecule has 6 heteroatoms. The van der Waals surface area contributed by atoms with Gasteiger partial charge < -0.3 is 25.0 Å². The monoisotopic (exact) mass is 449 g/mol. The van der Waals surface area contributed by atoms with Crippen molar-refractivity contribution in [1.29, 1.82) is 0 Å². The van der Waals surface area contributed by atoms with Gasteiger partial charge in [-0.1, -0.05) is 49.0 Å². The van der Waals surface area contributed by atoms with Crippen LogP contribution in [0.1, 0.15) is 41.6 Å². The summed E-state index contributed by atoms with van der Waals surface area (Å²) in [6, 6.07) is 17.9. The fourth-order valence-electron chi connectivity index (χ4n) is 4.89. The van der Waals surface area contributed by atoms with Crippen molar-refractivity contribution in [2.45, 2.75) is 37.2 Å². The lowest BCUT2D eigenvalue weighted by Gasteiger charge is -2.44. The van der Waals surface area contributed by atoms with Crippen molar-refractivity contribution in [3.8, 4) is 5.75 Å². The SMILES string of the molecule is C=C(NC[C@H]1CCCO1)N1CCC(CNC(=O)c2ccccc2OC)(c2ccccc2)CC1. The number of nitrogens with one attached hydrogen (secondary N) is 2. The molecule has 2 heterocycles. The molecule has 2 aliphatic heterocycles. The van der Waals surface area contributed by atoms with E-state index < -0.39 is 0 Å². The van der Waals surface area contributed by atoms with Gasteiger partial charge in [0.15, 0.2) is 0 Å². The Bertz CT molecular complexity index is 933. The van der Waals surface area contributed by atoms with Gasteiger partial charge in [0.2, 0.25) is 0 Å². The van der Waals surface area contributed by atoms with E-state index in [0.717, 1.165) is 57.7 Å². The van der Waals surface area contributed by atoms with Gasteiger partial charge in [-0.05, 0) is 43.4 Å². The van der Waals surface area contributed by atoms with Crippen molar-refractivity contribution in [2.75, 3.05) is 39.9 Å². The van der Waals surface area contributed by atoms with E-state index in [1.807, 2.05) is 24.3 Å². The molecular weight excluding hydrogens is 414 g/mol. The van der Waals surface area contributed by atoms with E-state index in [2.05, 4.69) is 46.4 Å². The molecule has 6 nitrogen and oxygen atoms in total. The Labute approximate surface area is 197 Å². The predicted molar refractivity (Wildman–Crippen MR) is 130 cm³/mol. The lowest BCUT2D eigenvalue weighted by molar-refractivity contribution is 0.0921. The first-order chi connectivity index (χ1) is 16.1. The molecule has 4 rings (SSSR count). The summed E-state index contributed by atoms with van der Waals surface area (Å²) in [5, 5.41) is 6.67. The summed E-state index contributed by atoms with van der Waals surface area (Å²) in [4.78, 5) is 15.3. The zero-order chi connectivity index (χ0) is 23.1. The van der Waals surface area contributed by atoms with E-state index in [0.29, 0.717) is 24.0 Å². The van der Waals surface area contributed by atoms with Gasteiger partial charge in [0.1, 0.15) is 5.75 Å². The second-order valence-electron chi connectivity index (χ2n) is 8.98. The number of methoxy groups -OCH3 is 1. The molecule has 1 amide bonds. The maximum Gasteiger partial charge on any atom is 0.255 e. The Morgan fingerprint density at radius 3 is 2.55 bits per heavy atom. The zero-order valence-corrected chi connectivity index (χ0v) is 19.5. The van der Waals surface area contributed by atoms with E-state index in [-0.39, 0.29) is 11.3 Å². The maximum atomic E-state index is 13.0. The number of hydrogen-bond donors (Lipinski definition) is 2. The fraction of sp³-hybridized carbons (Fsp3) is 0.444. The van der Waals surface area contributed by atoms with Crippen LogP contribution in [-0.2, 0) is 10.2 Å². The number of likely N-dealkylation sites (tertiary alicyclic amines) is 1. The third-order valence-electron chi connectivity index (χ3n) is 6.99. The minimum Gasteiger partial charge on any atom is -0.496 e. The number of carbonyl (C=O) groups is 1. The normalized spacial score (nSPS) is 19.7. The number of hydrogen-bond acceptors (Lipinski definition) is 5. The van der Waals surface area contributed by atoms with Crippen LogP contribution >= 0.6 is 0 Å². The molecule has 0 unspecified atom stereocenters. The van der Waals surface area contributed by atoms with Gasteiger partial charge in [0.05, 0.1) is 24.6 Å². The minimum absolute atomic E-state index is 0.104. The maximum absolute atomic E-state index is 13.0. The molecule has 0 radical (unpaired) electrons. The highest BCUT2D eigenvalue weighted by atomic mass is 16.5. The molecule has 0 saturated carbocycles. The molecule has 2 N–H and O–H groups in total. The molecule has 2 saturated heterocycles. The van der Waals surface area contributed by atoms with Crippen LogP contribution in [0.2, 0.25) is 0 Å². The van der Waals surface area contributed by atoms with E-state index >= 15 is 0 Å². The standard InChI is InChI=1S/C27H35N3O3/c1-21(28-19-23-11-8-18-33-23)30-16-14-27(15-17-30,22-9-4-3-5-10-22)20-29-26(31)24-12-6-7-13-25(24)32-2/h3-7,9-10,12-13,23,28H,1,8,11,14-20H2,2H3,(H,29,31)/t23-/m1/s1. The molecule has 2 aromatic rings. The quantitative estimate of drug-likeness (QED) is 0.611. The molecule has 2 fully saturated rings. The third-order valence-corrected chi connectivity index (χ3v) is 6.99. The van der Waals surface area contributed by atoms with Crippen LogP contribution in [0.4, 0.5) is 0 Å². The summed E-state index contributed by atoms with van der Waals surface area (Å²) >= 11 is 0. The van der Waals surface area contributed by atoms with Gasteiger partial charge in [-0.25, -0.2) is 0 Å². The van der Waals surface area contributed by atoms with Crippen molar-refractivity contribution in [1.82, 2.24) is 15.5 Å². The predicted octanol–water partition coefficient (Wildman–Crippen LogP) is 3.70. The summed E-state index contributed by atoms with van der Waals surface area (Å²) < 4.78 is 11.1. The summed E-state index contributed by atoms with van der Waals surface area (Å²) in [6.07, 6.45) is 4.42. The van der Waals surface area contributed by atoms with Crippen LogP contribution in [0.25, 0.3) is 0 Å². The van der Waals surface area contributed by atoms with Crippen molar-refractivity contribution >= 4 is 5.91 Å². The number of nitrogens with zero attached hydrogens (tertiary/aromatic N) is 1. The van der Waals surface area contributed by atoms with Crippen LogP contribution < -0.4 is 15.4 Å². The van der Waals surface area contributed by atoms with Crippen LogP contribution in [-0.4, -0.2) is 56.8 Å². The van der Waals surface area contributed by atoms with Gasteiger partial charge in [-0.15, -0.1) is 0 Å². The van der Waals surface area contributed by atoms with Crippen molar-refractivity contribution in [3.63, 3.8) is 0 Å². The zero-order valence-electron chi connectivity index (χ0n) is 19.5. The number of rotatable bonds is 9. The highest BCUT2D eigenvalue weighted by molar-refractivity contribution is 5.96. The largest absolute Gasteiger partial charge is 0.496 e. The van der Waals surface area contributed by atoms with E-state index in [9.17, 15) is 4.79 Å². The summed E-state index contributed by atoms with van der Waals surface area (Å²) in [6.45, 7) is 8.30. The fourth-order valence-corrected chi connectivity index (χ4v) is 4.89. The van der Waals surface area contributed by atoms with Crippen LogP contribution in [0, 0.1) is 0 Å². The van der Waals surface area contributed by atoms with E-state index in [4.69, 9.17) is 9.47 Å². The van der Waals surface area contributed by atoms with Gasteiger partial charge >= 0.3 is 0 Å². The van der Waals surface area contributed by atoms with Crippen molar-refractivity contribution in [2.24, 2.45) is 0 Å². The average Bonchev–Trinajstić information content (AvgIpc) is 3.40. The van der Waals surface area contributed by atoms with Crippen molar-refractivity contribution in [3.05, 3.63) is 78.1 Å². The third kappa shape index (κ3) is 5.50. The second kappa shape index (κ2) is 10.8. The summed E-state index contributed by atoms with van der Waals surface area (Å²) in [5.41, 5.74) is 1.71. The van der Waals surface area contributed by atoms with Crippen LogP contribution in [0.3, 0.4) is 0 Å². The van der Waals surface area contributed by atoms with Gasteiger partial charge in [0.25, 0.3) is 5.91 Å². The number of ether oxygens (including phenoxy) is 2. The molecule has 2 aliphatic rings. The van der Waals surface area contributed by atoms with Gasteiger partial charge in [-0.2, -0.15) is 0 Å². The summed E-state index contributed by atoms with van der Waals surface area (Å²) in [5.74, 6) is 1.45. The Balaban J connectivity index is 1.41. The van der Waals surface area contributed by atoms with Crippen LogP contribution in [0.5, 0.6) is 5.75 Å². The number of carbonyl (C=O) groups excluding carboxylic acids is 1. The molecule has 0 bridgehead atoms. The first kappa shape index (κ1) is 23.2.